The van der Waals surface area contributed by atoms with Crippen LogP contribution >= 0.6 is 12.6 Å². The molecule has 0 aromatic heterocycles. The van der Waals surface area contributed by atoms with E-state index in [9.17, 15) is 19.2 Å². The van der Waals surface area contributed by atoms with Gasteiger partial charge in [-0.05, 0) is 0 Å². The molecule has 7 N–H and O–H groups in total. The lowest BCUT2D eigenvalue weighted by molar-refractivity contribution is -0.142. The normalized spacial score (nSPS) is 14.5. The van der Waals surface area contributed by atoms with Gasteiger partial charge in [0, 0.05) is 18.3 Å². The number of carbonyl (C=O) groups excluding carboxylic acids is 2. The fourth-order valence-corrected chi connectivity index (χ4v) is 1.82. The Morgan fingerprint density at radius 1 is 1.04 bits per heavy atom. The number of nitrogens with two attached hydrogens (primary N) is 1. The van der Waals surface area contributed by atoms with Crippen LogP contribution in [0.2, 0.25) is 0 Å². The van der Waals surface area contributed by atoms with Crippen LogP contribution in [0.3, 0.4) is 0 Å². The van der Waals surface area contributed by atoms with Crippen LogP contribution in [-0.2, 0) is 19.2 Å². The SMILES string of the molecule is CC(C)NCC(N)C(=O)NC(CC(=O)O)C(=O)NC(CS)C(=O)O. The number of amides is 2. The molecule has 0 saturated carbocycles. The first-order valence-corrected chi connectivity index (χ1v) is 7.86. The molecule has 11 heteroatoms. The lowest BCUT2D eigenvalue weighted by atomic mass is 10.1. The van der Waals surface area contributed by atoms with Gasteiger partial charge in [-0.25, -0.2) is 4.79 Å². The second-order valence-corrected chi connectivity index (χ2v) is 5.78. The fraction of sp³-hybridized carbons (Fsp3) is 0.692. The fourth-order valence-electron chi connectivity index (χ4n) is 1.58. The topological polar surface area (TPSA) is 171 Å². The summed E-state index contributed by atoms with van der Waals surface area (Å²) in [6, 6.07) is -3.64. The molecule has 10 nitrogen and oxygen atoms in total. The highest BCUT2D eigenvalue weighted by Crippen LogP contribution is 1.97. The number of nitrogens with one attached hydrogen (secondary N) is 3. The van der Waals surface area contributed by atoms with Gasteiger partial charge < -0.3 is 31.9 Å². The van der Waals surface area contributed by atoms with Crippen LogP contribution in [0.1, 0.15) is 20.3 Å². The molecule has 0 saturated heterocycles. The Hall–Kier alpha value is -1.85. The molecule has 2 amide bonds. The lowest BCUT2D eigenvalue weighted by Gasteiger charge is -2.21. The van der Waals surface area contributed by atoms with Crippen molar-refractivity contribution in [2.75, 3.05) is 12.3 Å². The number of thiol groups is 1. The van der Waals surface area contributed by atoms with Gasteiger partial charge in [0.15, 0.2) is 0 Å². The van der Waals surface area contributed by atoms with Crippen LogP contribution in [0.25, 0.3) is 0 Å². The average molecular weight is 364 g/mol. The molecule has 0 rings (SSSR count). The van der Waals surface area contributed by atoms with Gasteiger partial charge in [0.2, 0.25) is 11.8 Å². The minimum atomic E-state index is -1.44. The maximum atomic E-state index is 12.0. The predicted octanol–water partition coefficient (Wildman–Crippen LogP) is -2.23. The molecular formula is C13H24N4O6S. The van der Waals surface area contributed by atoms with E-state index in [2.05, 4.69) is 28.6 Å². The molecule has 0 aromatic rings. The first-order chi connectivity index (χ1) is 11.1. The third-order valence-corrected chi connectivity index (χ3v) is 3.26. The van der Waals surface area contributed by atoms with Crippen LogP contribution in [0.15, 0.2) is 0 Å². The zero-order chi connectivity index (χ0) is 18.9. The molecule has 0 aliphatic carbocycles. The summed E-state index contributed by atoms with van der Waals surface area (Å²) in [7, 11) is 0. The van der Waals surface area contributed by atoms with Crippen molar-refractivity contribution in [1.29, 1.82) is 0 Å². The Bertz CT molecular complexity index is 473. The molecule has 138 valence electrons. The highest BCUT2D eigenvalue weighted by atomic mass is 32.1. The van der Waals surface area contributed by atoms with Crippen molar-refractivity contribution in [3.05, 3.63) is 0 Å². The van der Waals surface area contributed by atoms with Crippen molar-refractivity contribution >= 4 is 36.4 Å². The van der Waals surface area contributed by atoms with Crippen LogP contribution in [0, 0.1) is 0 Å². The van der Waals surface area contributed by atoms with E-state index in [0.29, 0.717) is 0 Å². The molecular weight excluding hydrogens is 340 g/mol. The summed E-state index contributed by atoms with van der Waals surface area (Å²) in [6.07, 6.45) is -0.708. The molecule has 3 atom stereocenters. The molecule has 0 radical (unpaired) electrons. The summed E-state index contributed by atoms with van der Waals surface area (Å²) in [5.74, 6) is -4.50. The van der Waals surface area contributed by atoms with Crippen molar-refractivity contribution in [2.45, 2.75) is 44.4 Å². The first kappa shape index (κ1) is 22.1. The Morgan fingerprint density at radius 2 is 1.58 bits per heavy atom. The standard InChI is InChI=1S/C13H24N4O6S/c1-6(2)15-4-7(14)11(20)16-8(3-10(18)19)12(21)17-9(5-24)13(22)23/h6-9,15,24H,3-5,14H2,1-2H3,(H,16,20)(H,17,21)(H,18,19)(H,22,23). The lowest BCUT2D eigenvalue weighted by Crippen LogP contribution is -2.57. The Morgan fingerprint density at radius 3 is 2.00 bits per heavy atom. The van der Waals surface area contributed by atoms with E-state index in [0.717, 1.165) is 0 Å². The zero-order valence-corrected chi connectivity index (χ0v) is 14.4. The van der Waals surface area contributed by atoms with Gasteiger partial charge in [-0.2, -0.15) is 12.6 Å². The molecule has 3 unspecified atom stereocenters. The smallest absolute Gasteiger partial charge is 0.327 e. The van der Waals surface area contributed by atoms with E-state index in [-0.39, 0.29) is 18.3 Å². The average Bonchev–Trinajstić information content (AvgIpc) is 2.48. The van der Waals surface area contributed by atoms with E-state index in [4.69, 9.17) is 15.9 Å². The Balaban J connectivity index is 4.87. The number of carbonyl (C=O) groups is 4. The third-order valence-electron chi connectivity index (χ3n) is 2.89. The summed E-state index contributed by atoms with van der Waals surface area (Å²) in [5.41, 5.74) is 5.66. The van der Waals surface area contributed by atoms with E-state index in [1.807, 2.05) is 13.8 Å². The summed E-state index contributed by atoms with van der Waals surface area (Å²) < 4.78 is 0. The van der Waals surface area contributed by atoms with Gasteiger partial charge in [-0.15, -0.1) is 0 Å². The van der Waals surface area contributed by atoms with Gasteiger partial charge in [0.1, 0.15) is 12.1 Å². The van der Waals surface area contributed by atoms with Gasteiger partial charge >= 0.3 is 11.9 Å². The van der Waals surface area contributed by atoms with Crippen molar-refractivity contribution in [3.8, 4) is 0 Å². The Labute approximate surface area is 144 Å². The molecule has 0 aliphatic rings. The number of carboxylic acids is 2. The number of carboxylic acid groups (broad SMARTS) is 2. The van der Waals surface area contributed by atoms with E-state index in [1.54, 1.807) is 0 Å². The second-order valence-electron chi connectivity index (χ2n) is 5.41. The first-order valence-electron chi connectivity index (χ1n) is 7.23. The second kappa shape index (κ2) is 10.8. The van der Waals surface area contributed by atoms with Crippen molar-refractivity contribution in [3.63, 3.8) is 0 Å². The van der Waals surface area contributed by atoms with Gasteiger partial charge in [0.25, 0.3) is 0 Å². The van der Waals surface area contributed by atoms with Gasteiger partial charge in [0.05, 0.1) is 12.5 Å². The Kier molecular flexibility index (Phi) is 10.0. The molecule has 0 fully saturated rings. The maximum absolute atomic E-state index is 12.0. The van der Waals surface area contributed by atoms with Crippen molar-refractivity contribution in [2.24, 2.45) is 5.73 Å². The van der Waals surface area contributed by atoms with Crippen LogP contribution in [0.5, 0.6) is 0 Å². The molecule has 0 bridgehead atoms. The van der Waals surface area contributed by atoms with Crippen molar-refractivity contribution < 1.29 is 29.4 Å². The molecule has 0 heterocycles. The summed E-state index contributed by atoms with van der Waals surface area (Å²) in [6.45, 7) is 3.85. The summed E-state index contributed by atoms with van der Waals surface area (Å²) >= 11 is 3.79. The molecule has 24 heavy (non-hydrogen) atoms. The van der Waals surface area contributed by atoms with Crippen molar-refractivity contribution in [1.82, 2.24) is 16.0 Å². The minimum Gasteiger partial charge on any atom is -0.481 e. The molecule has 0 aliphatic heterocycles. The highest BCUT2D eigenvalue weighted by molar-refractivity contribution is 7.80. The third kappa shape index (κ3) is 8.70. The van der Waals surface area contributed by atoms with Gasteiger partial charge in [-0.3, -0.25) is 14.4 Å². The van der Waals surface area contributed by atoms with Crippen LogP contribution in [-0.4, -0.2) is 70.4 Å². The summed E-state index contributed by atoms with van der Waals surface area (Å²) in [4.78, 5) is 45.8. The van der Waals surface area contributed by atoms with E-state index < -0.39 is 48.3 Å². The largest absolute Gasteiger partial charge is 0.481 e. The number of aliphatic carboxylic acids is 2. The number of hydrogen-bond donors (Lipinski definition) is 7. The summed E-state index contributed by atoms with van der Waals surface area (Å²) in [5, 5.41) is 25.0. The zero-order valence-electron chi connectivity index (χ0n) is 13.5. The van der Waals surface area contributed by atoms with E-state index in [1.165, 1.54) is 0 Å². The van der Waals surface area contributed by atoms with Crippen LogP contribution in [0.4, 0.5) is 0 Å². The van der Waals surface area contributed by atoms with Gasteiger partial charge in [-0.1, -0.05) is 13.8 Å². The highest BCUT2D eigenvalue weighted by Gasteiger charge is 2.29. The monoisotopic (exact) mass is 364 g/mol. The number of hydrogen-bond acceptors (Lipinski definition) is 7. The molecule has 0 aromatic carbocycles. The minimum absolute atomic E-state index is 0.0914. The number of rotatable bonds is 11. The quantitative estimate of drug-likeness (QED) is 0.202. The van der Waals surface area contributed by atoms with Crippen LogP contribution < -0.4 is 21.7 Å². The molecule has 0 spiro atoms. The maximum Gasteiger partial charge on any atom is 0.327 e. The van der Waals surface area contributed by atoms with E-state index >= 15 is 0 Å². The predicted molar refractivity (Wildman–Crippen MR) is 88.7 cm³/mol.